The number of nitrogens with zero attached hydrogens (tertiary/aromatic N) is 1. The van der Waals surface area contributed by atoms with E-state index in [0.29, 0.717) is 10.6 Å². The van der Waals surface area contributed by atoms with Crippen molar-refractivity contribution in [1.29, 1.82) is 0 Å². The van der Waals surface area contributed by atoms with Gasteiger partial charge in [0.2, 0.25) is 0 Å². The Balaban J connectivity index is 0.00000220. The molecule has 0 saturated carbocycles. The predicted molar refractivity (Wildman–Crippen MR) is 97.6 cm³/mol. The first-order chi connectivity index (χ1) is 9.65. The van der Waals surface area contributed by atoms with E-state index in [0.717, 1.165) is 45.4 Å². The van der Waals surface area contributed by atoms with Crippen molar-refractivity contribution >= 4 is 48.0 Å². The van der Waals surface area contributed by atoms with Crippen LogP contribution in [0, 0.1) is 5.82 Å². The molecule has 0 aliphatic carbocycles. The largest absolute Gasteiger partial charge is 0.314 e. The molecule has 1 fully saturated rings. The molecule has 22 heavy (non-hydrogen) atoms. The zero-order valence-corrected chi connectivity index (χ0v) is 15.7. The van der Waals surface area contributed by atoms with Gasteiger partial charge in [0.05, 0.1) is 5.02 Å². The number of piperazine rings is 1. The van der Waals surface area contributed by atoms with Crippen LogP contribution in [0.2, 0.25) is 10.0 Å². The number of nitrogens with one attached hydrogen (secondary N) is 1. The third-order valence-corrected chi connectivity index (χ3v) is 4.46. The maximum absolute atomic E-state index is 14.4. The number of hydrogen-bond acceptors (Lipinski definition) is 2. The van der Waals surface area contributed by atoms with Gasteiger partial charge in [0.15, 0.2) is 0 Å². The Kier molecular flexibility index (Phi) is 11.0. The van der Waals surface area contributed by atoms with E-state index in [9.17, 15) is 4.39 Å². The first-order valence-electron chi connectivity index (χ1n) is 7.23. The molecule has 1 heterocycles. The normalized spacial score (nSPS) is 16.5. The molecule has 2 nitrogen and oxygen atoms in total. The molecule has 1 aromatic rings. The standard InChI is InChI=1S/C15H21Cl2FN2.2ClH/c1-2-3-4-13(20-9-7-19-8-10-20)14-11(16)5-6-12(17)15(14)18;;/h5-6,13,19H,2-4,7-10H2,1H3;2*1H/t13-;;/m1../s1. The summed E-state index contributed by atoms with van der Waals surface area (Å²) in [5.41, 5.74) is 0.564. The van der Waals surface area contributed by atoms with Crippen molar-refractivity contribution in [2.45, 2.75) is 32.2 Å². The molecule has 1 N–H and O–H groups in total. The van der Waals surface area contributed by atoms with Crippen molar-refractivity contribution < 1.29 is 4.39 Å². The van der Waals surface area contributed by atoms with Gasteiger partial charge in [0.1, 0.15) is 5.82 Å². The molecule has 0 spiro atoms. The summed E-state index contributed by atoms with van der Waals surface area (Å²) in [5, 5.41) is 3.96. The van der Waals surface area contributed by atoms with Crippen LogP contribution in [0.3, 0.4) is 0 Å². The molecular formula is C15H23Cl4FN2. The summed E-state index contributed by atoms with van der Waals surface area (Å²) in [4.78, 5) is 2.31. The fraction of sp³-hybridized carbons (Fsp3) is 0.600. The van der Waals surface area contributed by atoms with E-state index in [1.54, 1.807) is 6.07 Å². The topological polar surface area (TPSA) is 15.3 Å². The van der Waals surface area contributed by atoms with Crippen LogP contribution >= 0.6 is 48.0 Å². The van der Waals surface area contributed by atoms with E-state index in [4.69, 9.17) is 23.2 Å². The lowest BCUT2D eigenvalue weighted by atomic mass is 9.98. The second-order valence-corrected chi connectivity index (χ2v) is 6.02. The lowest BCUT2D eigenvalue weighted by Crippen LogP contribution is -2.45. The molecule has 0 radical (unpaired) electrons. The second-order valence-electron chi connectivity index (χ2n) is 5.20. The average Bonchev–Trinajstić information content (AvgIpc) is 2.47. The Hall–Kier alpha value is 0.230. The van der Waals surface area contributed by atoms with E-state index in [-0.39, 0.29) is 41.7 Å². The van der Waals surface area contributed by atoms with Gasteiger partial charge in [-0.05, 0) is 18.6 Å². The summed E-state index contributed by atoms with van der Waals surface area (Å²) < 4.78 is 14.4. The van der Waals surface area contributed by atoms with Crippen molar-refractivity contribution in [3.8, 4) is 0 Å². The Morgan fingerprint density at radius 2 is 1.77 bits per heavy atom. The summed E-state index contributed by atoms with van der Waals surface area (Å²) in [6.07, 6.45) is 3.05. The molecule has 1 aromatic carbocycles. The summed E-state index contributed by atoms with van der Waals surface area (Å²) >= 11 is 12.2. The van der Waals surface area contributed by atoms with Gasteiger partial charge in [-0.1, -0.05) is 43.0 Å². The predicted octanol–water partition coefficient (Wildman–Crippen LogP) is 5.11. The highest BCUT2D eigenvalue weighted by Crippen LogP contribution is 2.36. The van der Waals surface area contributed by atoms with Gasteiger partial charge < -0.3 is 5.32 Å². The molecule has 128 valence electrons. The van der Waals surface area contributed by atoms with Crippen LogP contribution in [0.15, 0.2) is 12.1 Å². The lowest BCUT2D eigenvalue weighted by Gasteiger charge is -2.36. The molecule has 0 unspecified atom stereocenters. The van der Waals surface area contributed by atoms with E-state index in [1.807, 2.05) is 0 Å². The number of halogens is 5. The van der Waals surface area contributed by atoms with Crippen LogP contribution < -0.4 is 5.32 Å². The molecule has 1 aliphatic rings. The molecule has 0 aromatic heterocycles. The maximum atomic E-state index is 14.4. The summed E-state index contributed by atoms with van der Waals surface area (Å²) in [7, 11) is 0. The van der Waals surface area contributed by atoms with E-state index in [2.05, 4.69) is 17.1 Å². The van der Waals surface area contributed by atoms with Crippen LogP contribution in [-0.2, 0) is 0 Å². The van der Waals surface area contributed by atoms with Crippen LogP contribution in [0.5, 0.6) is 0 Å². The third kappa shape index (κ3) is 5.40. The zero-order valence-electron chi connectivity index (χ0n) is 12.6. The molecule has 1 aliphatic heterocycles. The highest BCUT2D eigenvalue weighted by atomic mass is 35.5. The average molecular weight is 392 g/mol. The quantitative estimate of drug-likeness (QED) is 0.701. The van der Waals surface area contributed by atoms with Gasteiger partial charge in [-0.15, -0.1) is 24.8 Å². The summed E-state index contributed by atoms with van der Waals surface area (Å²) in [5.74, 6) is -0.362. The van der Waals surface area contributed by atoms with E-state index >= 15 is 0 Å². The van der Waals surface area contributed by atoms with Crippen LogP contribution in [0.1, 0.15) is 37.8 Å². The van der Waals surface area contributed by atoms with Crippen molar-refractivity contribution in [2.75, 3.05) is 26.2 Å². The van der Waals surface area contributed by atoms with Gasteiger partial charge in [-0.2, -0.15) is 0 Å². The smallest absolute Gasteiger partial charge is 0.148 e. The Labute approximate surface area is 154 Å². The molecular weight excluding hydrogens is 369 g/mol. The van der Waals surface area contributed by atoms with E-state index in [1.165, 1.54) is 6.07 Å². The fourth-order valence-electron chi connectivity index (χ4n) is 2.75. The summed E-state index contributed by atoms with van der Waals surface area (Å²) in [6.45, 7) is 5.84. The van der Waals surface area contributed by atoms with Gasteiger partial charge in [-0.25, -0.2) is 4.39 Å². The highest BCUT2D eigenvalue weighted by Gasteiger charge is 2.27. The van der Waals surface area contributed by atoms with Crippen molar-refractivity contribution in [3.63, 3.8) is 0 Å². The van der Waals surface area contributed by atoms with E-state index < -0.39 is 0 Å². The summed E-state index contributed by atoms with van der Waals surface area (Å²) in [6, 6.07) is 3.24. The van der Waals surface area contributed by atoms with Gasteiger partial charge in [0.25, 0.3) is 0 Å². The monoisotopic (exact) mass is 390 g/mol. The maximum Gasteiger partial charge on any atom is 0.148 e. The van der Waals surface area contributed by atoms with Crippen LogP contribution in [0.25, 0.3) is 0 Å². The minimum atomic E-state index is -0.362. The Bertz CT molecular complexity index is 453. The SMILES string of the molecule is CCCC[C@H](c1c(Cl)ccc(Cl)c1F)N1CCNCC1.Cl.Cl. The van der Waals surface area contributed by atoms with Gasteiger partial charge in [0, 0.05) is 42.8 Å². The van der Waals surface area contributed by atoms with Crippen molar-refractivity contribution in [1.82, 2.24) is 10.2 Å². The first-order valence-corrected chi connectivity index (χ1v) is 7.99. The molecule has 0 amide bonds. The molecule has 2 rings (SSSR count). The molecule has 1 atom stereocenters. The Morgan fingerprint density at radius 1 is 1.18 bits per heavy atom. The van der Waals surface area contributed by atoms with Crippen molar-refractivity contribution in [2.24, 2.45) is 0 Å². The number of unbranched alkanes of at least 4 members (excludes halogenated alkanes) is 1. The zero-order chi connectivity index (χ0) is 14.5. The third-order valence-electron chi connectivity index (χ3n) is 3.84. The number of benzene rings is 1. The first kappa shape index (κ1) is 22.2. The minimum Gasteiger partial charge on any atom is -0.314 e. The molecule has 7 heteroatoms. The number of rotatable bonds is 5. The van der Waals surface area contributed by atoms with Crippen molar-refractivity contribution in [3.05, 3.63) is 33.6 Å². The fourth-order valence-corrected chi connectivity index (χ4v) is 3.19. The molecule has 1 saturated heterocycles. The molecule has 0 bridgehead atoms. The van der Waals surface area contributed by atoms with Crippen LogP contribution in [-0.4, -0.2) is 31.1 Å². The lowest BCUT2D eigenvalue weighted by molar-refractivity contribution is 0.160. The Morgan fingerprint density at radius 3 is 2.36 bits per heavy atom. The van der Waals surface area contributed by atoms with Gasteiger partial charge in [-0.3, -0.25) is 4.90 Å². The van der Waals surface area contributed by atoms with Gasteiger partial charge >= 0.3 is 0 Å². The van der Waals surface area contributed by atoms with Crippen LogP contribution in [0.4, 0.5) is 4.39 Å². The highest BCUT2D eigenvalue weighted by molar-refractivity contribution is 6.33. The minimum absolute atomic E-state index is 0. The second kappa shape index (κ2) is 10.9. The number of hydrogen-bond donors (Lipinski definition) is 1.